The molecule has 0 bridgehead atoms. The second-order valence-corrected chi connectivity index (χ2v) is 7.20. The highest BCUT2D eigenvalue weighted by Gasteiger charge is 2.40. The molecule has 1 N–H and O–H groups in total. The van der Waals surface area contributed by atoms with E-state index in [9.17, 15) is 5.11 Å². The van der Waals surface area contributed by atoms with Gasteiger partial charge in [0.05, 0.1) is 24.9 Å². The van der Waals surface area contributed by atoms with Crippen molar-refractivity contribution in [2.75, 3.05) is 6.61 Å². The average molecular weight is 312 g/mol. The van der Waals surface area contributed by atoms with Crippen LogP contribution in [0.1, 0.15) is 90.4 Å². The smallest absolute Gasteiger partial charge is 0.107 e. The summed E-state index contributed by atoms with van der Waals surface area (Å²) < 4.78 is 11.2. The summed E-state index contributed by atoms with van der Waals surface area (Å²) in [5.74, 6) is 0. The van der Waals surface area contributed by atoms with Gasteiger partial charge in [-0.25, -0.2) is 0 Å². The molecule has 1 unspecified atom stereocenters. The van der Waals surface area contributed by atoms with Crippen LogP contribution in [0, 0.1) is 0 Å². The number of aliphatic hydroxyl groups is 1. The highest BCUT2D eigenvalue weighted by Crippen LogP contribution is 2.31. The van der Waals surface area contributed by atoms with Gasteiger partial charge >= 0.3 is 0 Å². The second kappa shape index (κ2) is 10.6. The van der Waals surface area contributed by atoms with Crippen molar-refractivity contribution in [3.05, 3.63) is 0 Å². The minimum absolute atomic E-state index is 0.0627. The summed E-state index contributed by atoms with van der Waals surface area (Å²) in [7, 11) is 0. The molecule has 130 valence electrons. The standard InChI is InChI=1S/C19H36O3/c1-2-3-4-5-6-7-8-9-10-11-12-16(20)17-13-14-18(22-17)19-15-21-19/h16-20H,2-15H2,1H3/t16?,17-,18-,19-/m1/s1. The molecular weight excluding hydrogens is 276 g/mol. The van der Waals surface area contributed by atoms with E-state index in [4.69, 9.17) is 9.47 Å². The van der Waals surface area contributed by atoms with Gasteiger partial charge in [0.15, 0.2) is 0 Å². The summed E-state index contributed by atoms with van der Waals surface area (Å²) in [6, 6.07) is 0. The van der Waals surface area contributed by atoms with Crippen LogP contribution in [0.4, 0.5) is 0 Å². The average Bonchev–Trinajstić information content (AvgIpc) is 3.26. The van der Waals surface area contributed by atoms with E-state index in [-0.39, 0.29) is 18.3 Å². The van der Waals surface area contributed by atoms with Gasteiger partial charge in [-0.05, 0) is 19.3 Å². The summed E-state index contributed by atoms with van der Waals surface area (Å²) in [6.45, 7) is 3.12. The van der Waals surface area contributed by atoms with Crippen molar-refractivity contribution in [3.8, 4) is 0 Å². The first kappa shape index (κ1) is 18.2. The van der Waals surface area contributed by atoms with E-state index in [2.05, 4.69) is 6.92 Å². The zero-order valence-corrected chi connectivity index (χ0v) is 14.5. The topological polar surface area (TPSA) is 42.0 Å². The Morgan fingerprint density at radius 3 is 2.05 bits per heavy atom. The Kier molecular flexibility index (Phi) is 8.79. The first-order chi connectivity index (χ1) is 10.8. The Hall–Kier alpha value is -0.120. The summed E-state index contributed by atoms with van der Waals surface area (Å²) in [6.07, 6.45) is 16.8. The van der Waals surface area contributed by atoms with Crippen LogP contribution in [-0.2, 0) is 9.47 Å². The monoisotopic (exact) mass is 312 g/mol. The van der Waals surface area contributed by atoms with Gasteiger partial charge in [-0.1, -0.05) is 71.1 Å². The van der Waals surface area contributed by atoms with E-state index >= 15 is 0 Å². The van der Waals surface area contributed by atoms with Gasteiger partial charge in [-0.2, -0.15) is 0 Å². The lowest BCUT2D eigenvalue weighted by atomic mass is 10.0. The largest absolute Gasteiger partial charge is 0.390 e. The fourth-order valence-corrected chi connectivity index (χ4v) is 3.54. The normalized spacial score (nSPS) is 28.9. The van der Waals surface area contributed by atoms with Crippen LogP contribution in [0.25, 0.3) is 0 Å². The lowest BCUT2D eigenvalue weighted by Gasteiger charge is -2.18. The number of ether oxygens (including phenoxy) is 2. The van der Waals surface area contributed by atoms with Gasteiger partial charge in [0.25, 0.3) is 0 Å². The predicted molar refractivity (Wildman–Crippen MR) is 90.1 cm³/mol. The van der Waals surface area contributed by atoms with E-state index < -0.39 is 0 Å². The minimum atomic E-state index is -0.266. The van der Waals surface area contributed by atoms with Crippen LogP contribution >= 0.6 is 0 Å². The Balaban J connectivity index is 1.37. The molecule has 2 aliphatic heterocycles. The lowest BCUT2D eigenvalue weighted by molar-refractivity contribution is -0.0443. The summed E-state index contributed by atoms with van der Waals surface area (Å²) in [5.41, 5.74) is 0. The highest BCUT2D eigenvalue weighted by molar-refractivity contribution is 4.88. The molecule has 0 radical (unpaired) electrons. The second-order valence-electron chi connectivity index (χ2n) is 7.20. The van der Waals surface area contributed by atoms with Crippen LogP contribution in [-0.4, -0.2) is 36.1 Å². The van der Waals surface area contributed by atoms with Gasteiger partial charge in [-0.3, -0.25) is 0 Å². The van der Waals surface area contributed by atoms with Crippen molar-refractivity contribution in [1.82, 2.24) is 0 Å². The molecule has 2 fully saturated rings. The molecule has 3 nitrogen and oxygen atoms in total. The first-order valence-electron chi connectivity index (χ1n) is 9.76. The maximum Gasteiger partial charge on any atom is 0.107 e. The molecule has 4 atom stereocenters. The number of aliphatic hydroxyl groups excluding tert-OH is 1. The third kappa shape index (κ3) is 6.97. The minimum Gasteiger partial charge on any atom is -0.390 e. The van der Waals surface area contributed by atoms with Gasteiger partial charge < -0.3 is 14.6 Å². The summed E-state index contributed by atoms with van der Waals surface area (Å²) in [4.78, 5) is 0. The Bertz CT molecular complexity index is 278. The Morgan fingerprint density at radius 2 is 1.45 bits per heavy atom. The predicted octanol–water partition coefficient (Wildman–Crippen LogP) is 4.60. The SMILES string of the molecule is CCCCCCCCCCCCC(O)[C@H]1CC[C@H]([C@H]2CO2)O1. The van der Waals surface area contributed by atoms with Crippen LogP contribution in [0.2, 0.25) is 0 Å². The van der Waals surface area contributed by atoms with Gasteiger partial charge in [0.1, 0.15) is 6.10 Å². The van der Waals surface area contributed by atoms with Crippen molar-refractivity contribution in [2.45, 2.75) is 115 Å². The fourth-order valence-electron chi connectivity index (χ4n) is 3.54. The highest BCUT2D eigenvalue weighted by atomic mass is 16.6. The molecule has 0 aromatic carbocycles. The van der Waals surface area contributed by atoms with Gasteiger partial charge in [-0.15, -0.1) is 0 Å². The van der Waals surface area contributed by atoms with Gasteiger partial charge in [0, 0.05) is 0 Å². The zero-order chi connectivity index (χ0) is 15.6. The molecule has 0 saturated carbocycles. The van der Waals surface area contributed by atoms with Crippen LogP contribution in [0.3, 0.4) is 0 Å². The van der Waals surface area contributed by atoms with Crippen LogP contribution < -0.4 is 0 Å². The number of unbranched alkanes of at least 4 members (excludes halogenated alkanes) is 9. The molecule has 0 aliphatic carbocycles. The molecule has 0 spiro atoms. The quantitative estimate of drug-likeness (QED) is 0.399. The van der Waals surface area contributed by atoms with Crippen molar-refractivity contribution in [3.63, 3.8) is 0 Å². The molecule has 0 aromatic rings. The van der Waals surface area contributed by atoms with Crippen LogP contribution in [0.5, 0.6) is 0 Å². The molecule has 2 aliphatic rings. The van der Waals surface area contributed by atoms with Gasteiger partial charge in [0.2, 0.25) is 0 Å². The van der Waals surface area contributed by atoms with Crippen molar-refractivity contribution < 1.29 is 14.6 Å². The van der Waals surface area contributed by atoms with E-state index in [1.807, 2.05) is 0 Å². The first-order valence-corrected chi connectivity index (χ1v) is 9.76. The number of hydrogen-bond donors (Lipinski definition) is 1. The molecule has 2 saturated heterocycles. The Morgan fingerprint density at radius 1 is 0.864 bits per heavy atom. The fraction of sp³-hybridized carbons (Fsp3) is 1.00. The maximum atomic E-state index is 10.2. The molecule has 3 heteroatoms. The third-order valence-electron chi connectivity index (χ3n) is 5.14. The summed E-state index contributed by atoms with van der Waals surface area (Å²) >= 11 is 0. The molecular formula is C19H36O3. The number of rotatable bonds is 13. The van der Waals surface area contributed by atoms with Crippen molar-refractivity contribution >= 4 is 0 Å². The Labute approximate surface area is 136 Å². The van der Waals surface area contributed by atoms with Crippen molar-refractivity contribution in [2.24, 2.45) is 0 Å². The summed E-state index contributed by atoms with van der Waals surface area (Å²) in [5, 5.41) is 10.2. The van der Waals surface area contributed by atoms with Crippen LogP contribution in [0.15, 0.2) is 0 Å². The van der Waals surface area contributed by atoms with E-state index in [1.165, 1.54) is 57.8 Å². The number of epoxide rings is 1. The zero-order valence-electron chi connectivity index (χ0n) is 14.5. The third-order valence-corrected chi connectivity index (χ3v) is 5.14. The maximum absolute atomic E-state index is 10.2. The molecule has 2 rings (SSSR count). The van der Waals surface area contributed by atoms with E-state index in [1.54, 1.807) is 0 Å². The molecule has 22 heavy (non-hydrogen) atoms. The van der Waals surface area contributed by atoms with E-state index in [0.717, 1.165) is 32.3 Å². The molecule has 2 heterocycles. The lowest BCUT2D eigenvalue weighted by Crippen LogP contribution is -2.27. The molecule has 0 amide bonds. The van der Waals surface area contributed by atoms with E-state index in [0.29, 0.717) is 6.10 Å². The van der Waals surface area contributed by atoms with Crippen molar-refractivity contribution in [1.29, 1.82) is 0 Å². The number of hydrogen-bond acceptors (Lipinski definition) is 3. The molecule has 0 aromatic heterocycles.